The molecule has 4 rings (SSSR count). The molecule has 2 aromatic carbocycles. The highest BCUT2D eigenvalue weighted by atomic mass is 35.5. The zero-order chi connectivity index (χ0) is 24.1. The van der Waals surface area contributed by atoms with Crippen molar-refractivity contribution in [3.63, 3.8) is 0 Å². The second-order valence-electron chi connectivity index (χ2n) is 8.42. The molecule has 1 amide bonds. The Morgan fingerprint density at radius 1 is 1.21 bits per heavy atom. The molecule has 0 radical (unpaired) electrons. The molecule has 0 unspecified atom stereocenters. The largest absolute Gasteiger partial charge is 0.494 e. The summed E-state index contributed by atoms with van der Waals surface area (Å²) in [7, 11) is 0. The normalized spacial score (nSPS) is 15.7. The number of anilines is 1. The zero-order valence-corrected chi connectivity index (χ0v) is 20.2. The van der Waals surface area contributed by atoms with E-state index >= 15 is 0 Å². The second kappa shape index (κ2) is 10.7. The number of amides is 1. The fourth-order valence-corrected chi connectivity index (χ4v) is 4.32. The van der Waals surface area contributed by atoms with Crippen molar-refractivity contribution < 1.29 is 9.53 Å². The Bertz CT molecular complexity index is 1230. The number of carbonyl (C=O) groups excluding carboxylic acids is 1. The first-order chi connectivity index (χ1) is 16.5. The molecule has 178 valence electrons. The molecule has 1 N–H and O–H groups in total. The molecule has 7 nitrogen and oxygen atoms in total. The van der Waals surface area contributed by atoms with Gasteiger partial charge in [-0.1, -0.05) is 35.9 Å². The summed E-state index contributed by atoms with van der Waals surface area (Å²) in [6.07, 6.45) is 1.67. The number of para-hydroxylation sites is 1. The Morgan fingerprint density at radius 2 is 2.03 bits per heavy atom. The summed E-state index contributed by atoms with van der Waals surface area (Å²) in [6.45, 7) is 6.16. The highest BCUT2D eigenvalue weighted by Gasteiger charge is 2.27. The number of nitrogens with zero attached hydrogens (tertiary/aromatic N) is 3. The standard InChI is InChI=1S/C26H29ClN4O3/c1-3-34-23-9-5-4-7-19(23)16-28-26(33)20-8-6-14-30(17-20)24-12-13-25(32)31(29-24)21-11-10-18(2)22(27)15-21/h4-5,7,9-13,15,20H,3,6,8,14,16-17H2,1-2H3,(H,28,33)/t20-/m1/s1. The molecule has 34 heavy (non-hydrogen) atoms. The van der Waals surface area contributed by atoms with Crippen molar-refractivity contribution in [2.75, 3.05) is 24.6 Å². The molecule has 0 saturated carbocycles. The summed E-state index contributed by atoms with van der Waals surface area (Å²) in [5, 5.41) is 8.22. The fourth-order valence-electron chi connectivity index (χ4n) is 4.14. The van der Waals surface area contributed by atoms with Gasteiger partial charge in [-0.15, -0.1) is 5.10 Å². The van der Waals surface area contributed by atoms with Crippen LogP contribution in [-0.4, -0.2) is 35.4 Å². The van der Waals surface area contributed by atoms with Crippen molar-refractivity contribution in [3.05, 3.63) is 81.1 Å². The Morgan fingerprint density at radius 3 is 2.82 bits per heavy atom. The minimum absolute atomic E-state index is 0.00893. The van der Waals surface area contributed by atoms with E-state index in [9.17, 15) is 9.59 Å². The fraction of sp³-hybridized carbons (Fsp3) is 0.346. The van der Waals surface area contributed by atoms with Crippen LogP contribution in [0.2, 0.25) is 5.02 Å². The van der Waals surface area contributed by atoms with Gasteiger partial charge in [0.05, 0.1) is 18.2 Å². The van der Waals surface area contributed by atoms with Crippen molar-refractivity contribution in [1.29, 1.82) is 0 Å². The lowest BCUT2D eigenvalue weighted by molar-refractivity contribution is -0.125. The number of ether oxygens (including phenoxy) is 1. The predicted octanol–water partition coefficient (Wildman–Crippen LogP) is 4.13. The van der Waals surface area contributed by atoms with Crippen LogP contribution in [0.5, 0.6) is 5.75 Å². The summed E-state index contributed by atoms with van der Waals surface area (Å²) >= 11 is 6.25. The van der Waals surface area contributed by atoms with Gasteiger partial charge in [0, 0.05) is 36.3 Å². The number of benzene rings is 2. The lowest BCUT2D eigenvalue weighted by Gasteiger charge is -2.33. The van der Waals surface area contributed by atoms with E-state index in [4.69, 9.17) is 16.3 Å². The summed E-state index contributed by atoms with van der Waals surface area (Å²) in [5.74, 6) is 1.30. The number of nitrogens with one attached hydrogen (secondary N) is 1. The van der Waals surface area contributed by atoms with E-state index in [1.165, 1.54) is 10.7 Å². The summed E-state index contributed by atoms with van der Waals surface area (Å²) < 4.78 is 7.01. The average molecular weight is 481 g/mol. The van der Waals surface area contributed by atoms with Gasteiger partial charge < -0.3 is 15.0 Å². The second-order valence-corrected chi connectivity index (χ2v) is 8.83. The number of aryl methyl sites for hydroxylation is 1. The number of aromatic nitrogens is 2. The first kappa shape index (κ1) is 23.8. The highest BCUT2D eigenvalue weighted by molar-refractivity contribution is 6.31. The van der Waals surface area contributed by atoms with E-state index in [2.05, 4.69) is 15.3 Å². The molecule has 1 fully saturated rings. The van der Waals surface area contributed by atoms with Crippen LogP contribution >= 0.6 is 11.6 Å². The van der Waals surface area contributed by atoms with Gasteiger partial charge in [-0.3, -0.25) is 9.59 Å². The van der Waals surface area contributed by atoms with Gasteiger partial charge in [-0.25, -0.2) is 0 Å². The van der Waals surface area contributed by atoms with Crippen LogP contribution in [0.15, 0.2) is 59.4 Å². The lowest BCUT2D eigenvalue weighted by atomic mass is 9.97. The minimum atomic E-state index is -0.233. The van der Waals surface area contributed by atoms with Crippen LogP contribution in [-0.2, 0) is 11.3 Å². The monoisotopic (exact) mass is 480 g/mol. The highest BCUT2D eigenvalue weighted by Crippen LogP contribution is 2.23. The topological polar surface area (TPSA) is 76.5 Å². The zero-order valence-electron chi connectivity index (χ0n) is 19.5. The third-order valence-electron chi connectivity index (χ3n) is 6.03. The smallest absolute Gasteiger partial charge is 0.271 e. The maximum atomic E-state index is 13.0. The van der Waals surface area contributed by atoms with Crippen molar-refractivity contribution in [2.45, 2.75) is 33.2 Å². The van der Waals surface area contributed by atoms with Crippen molar-refractivity contribution in [3.8, 4) is 11.4 Å². The summed E-state index contributed by atoms with van der Waals surface area (Å²) in [4.78, 5) is 27.5. The molecule has 0 bridgehead atoms. The molecule has 1 aliphatic rings. The molecular weight excluding hydrogens is 452 g/mol. The van der Waals surface area contributed by atoms with Crippen LogP contribution in [0.4, 0.5) is 5.82 Å². The molecule has 1 aromatic heterocycles. The first-order valence-corrected chi connectivity index (χ1v) is 11.9. The molecule has 8 heteroatoms. The van der Waals surface area contributed by atoms with Gasteiger partial charge in [0.25, 0.3) is 5.56 Å². The minimum Gasteiger partial charge on any atom is -0.494 e. The number of hydrogen-bond donors (Lipinski definition) is 1. The van der Waals surface area contributed by atoms with Crippen LogP contribution < -0.4 is 20.5 Å². The van der Waals surface area contributed by atoms with E-state index in [1.807, 2.05) is 50.2 Å². The average Bonchev–Trinajstić information content (AvgIpc) is 2.85. The van der Waals surface area contributed by atoms with E-state index in [0.29, 0.717) is 36.2 Å². The molecule has 0 aliphatic carbocycles. The maximum absolute atomic E-state index is 13.0. The number of rotatable bonds is 7. The van der Waals surface area contributed by atoms with E-state index in [-0.39, 0.29) is 17.4 Å². The molecule has 1 atom stereocenters. The van der Waals surface area contributed by atoms with Crippen molar-refractivity contribution in [2.24, 2.45) is 5.92 Å². The van der Waals surface area contributed by atoms with Crippen LogP contribution in [0.25, 0.3) is 5.69 Å². The number of hydrogen-bond acceptors (Lipinski definition) is 5. The van der Waals surface area contributed by atoms with E-state index < -0.39 is 0 Å². The van der Waals surface area contributed by atoms with Gasteiger partial charge in [0.2, 0.25) is 5.91 Å². The number of halogens is 1. The van der Waals surface area contributed by atoms with Gasteiger partial charge in [-0.2, -0.15) is 4.68 Å². The van der Waals surface area contributed by atoms with Gasteiger partial charge in [0.1, 0.15) is 11.6 Å². The lowest BCUT2D eigenvalue weighted by Crippen LogP contribution is -2.43. The van der Waals surface area contributed by atoms with Gasteiger partial charge in [0.15, 0.2) is 0 Å². The molecule has 1 saturated heterocycles. The third-order valence-corrected chi connectivity index (χ3v) is 6.44. The summed E-state index contributed by atoms with van der Waals surface area (Å²) in [5.41, 5.74) is 2.27. The van der Waals surface area contributed by atoms with Crippen molar-refractivity contribution >= 4 is 23.3 Å². The van der Waals surface area contributed by atoms with Crippen LogP contribution in [0.3, 0.4) is 0 Å². The molecule has 3 aromatic rings. The summed E-state index contributed by atoms with van der Waals surface area (Å²) in [6, 6.07) is 16.4. The van der Waals surface area contributed by atoms with E-state index in [0.717, 1.165) is 36.3 Å². The number of piperidine rings is 1. The van der Waals surface area contributed by atoms with Crippen molar-refractivity contribution in [1.82, 2.24) is 15.1 Å². The Hall–Kier alpha value is -3.32. The first-order valence-electron chi connectivity index (χ1n) is 11.6. The molecular formula is C26H29ClN4O3. The van der Waals surface area contributed by atoms with Crippen LogP contribution in [0, 0.1) is 12.8 Å². The Kier molecular flexibility index (Phi) is 7.53. The van der Waals surface area contributed by atoms with Gasteiger partial charge >= 0.3 is 0 Å². The number of carbonyl (C=O) groups is 1. The Balaban J connectivity index is 1.46. The predicted molar refractivity (Wildman–Crippen MR) is 134 cm³/mol. The van der Waals surface area contributed by atoms with E-state index in [1.54, 1.807) is 12.1 Å². The molecule has 1 aliphatic heterocycles. The Labute approximate surface area is 204 Å². The molecule has 0 spiro atoms. The third kappa shape index (κ3) is 5.42. The molecule has 2 heterocycles. The van der Waals surface area contributed by atoms with Crippen LogP contribution in [0.1, 0.15) is 30.9 Å². The maximum Gasteiger partial charge on any atom is 0.271 e. The van der Waals surface area contributed by atoms with Gasteiger partial charge in [-0.05, 0) is 56.5 Å². The quantitative estimate of drug-likeness (QED) is 0.550. The SMILES string of the molecule is CCOc1ccccc1CNC(=O)[C@@H]1CCCN(c2ccc(=O)n(-c3ccc(C)c(Cl)c3)n2)C1.